The molecule has 2 N–H and O–H groups in total. The Morgan fingerprint density at radius 2 is 2.39 bits per heavy atom. The van der Waals surface area contributed by atoms with E-state index in [0.29, 0.717) is 0 Å². The number of hydrogen-bond acceptors (Lipinski definition) is 2. The van der Waals surface area contributed by atoms with Gasteiger partial charge in [-0.05, 0) is 44.0 Å². The number of amides is 1. The number of carbonyl (C=O) groups excluding carboxylic acids is 1. The summed E-state index contributed by atoms with van der Waals surface area (Å²) in [5.41, 5.74) is 0.798. The molecule has 1 fully saturated rings. The van der Waals surface area contributed by atoms with Crippen molar-refractivity contribution < 1.29 is 9.18 Å². The Labute approximate surface area is 107 Å². The van der Waals surface area contributed by atoms with Crippen LogP contribution in [-0.2, 0) is 4.79 Å². The molecule has 1 amide bonds. The first-order chi connectivity index (χ1) is 8.66. The second kappa shape index (κ2) is 5.96. The molecule has 1 aromatic carbocycles. The fourth-order valence-electron chi connectivity index (χ4n) is 2.27. The lowest BCUT2D eigenvalue weighted by Crippen LogP contribution is -2.41. The zero-order valence-electron chi connectivity index (χ0n) is 10.6. The summed E-state index contributed by atoms with van der Waals surface area (Å²) in [5, 5.41) is 6.16. The van der Waals surface area contributed by atoms with Crippen LogP contribution in [0.3, 0.4) is 0 Å². The zero-order valence-corrected chi connectivity index (χ0v) is 10.6. The van der Waals surface area contributed by atoms with Gasteiger partial charge in [0.15, 0.2) is 0 Å². The van der Waals surface area contributed by atoms with Crippen LogP contribution in [0.1, 0.15) is 31.4 Å². The van der Waals surface area contributed by atoms with Crippen LogP contribution >= 0.6 is 0 Å². The minimum atomic E-state index is -0.270. The van der Waals surface area contributed by atoms with Crippen LogP contribution in [0.4, 0.5) is 4.39 Å². The molecule has 1 heterocycles. The minimum Gasteiger partial charge on any atom is -0.349 e. The predicted molar refractivity (Wildman–Crippen MR) is 68.6 cm³/mol. The maximum atomic E-state index is 13.1. The third-order valence-electron chi connectivity index (χ3n) is 3.38. The Balaban J connectivity index is 1.94. The van der Waals surface area contributed by atoms with Crippen LogP contribution in [0, 0.1) is 11.7 Å². The summed E-state index contributed by atoms with van der Waals surface area (Å²) in [7, 11) is 0. The van der Waals surface area contributed by atoms with Gasteiger partial charge in [-0.1, -0.05) is 12.1 Å². The van der Waals surface area contributed by atoms with Gasteiger partial charge in [-0.15, -0.1) is 0 Å². The summed E-state index contributed by atoms with van der Waals surface area (Å²) < 4.78 is 13.1. The lowest BCUT2D eigenvalue weighted by Gasteiger charge is -2.24. The average molecular weight is 250 g/mol. The Hall–Kier alpha value is -1.42. The number of piperidine rings is 1. The lowest BCUT2D eigenvalue weighted by molar-refractivity contribution is -0.126. The average Bonchev–Trinajstić information content (AvgIpc) is 2.39. The molecule has 18 heavy (non-hydrogen) atoms. The van der Waals surface area contributed by atoms with Crippen molar-refractivity contribution in [3.05, 3.63) is 35.6 Å². The van der Waals surface area contributed by atoms with E-state index in [1.54, 1.807) is 6.07 Å². The zero-order chi connectivity index (χ0) is 13.0. The van der Waals surface area contributed by atoms with E-state index in [-0.39, 0.29) is 23.7 Å². The molecule has 2 rings (SSSR count). The van der Waals surface area contributed by atoms with Crippen molar-refractivity contribution in [3.8, 4) is 0 Å². The molecule has 1 aromatic rings. The van der Waals surface area contributed by atoms with Crippen LogP contribution in [0.15, 0.2) is 24.3 Å². The second-order valence-electron chi connectivity index (χ2n) is 4.83. The number of hydrogen-bond donors (Lipinski definition) is 2. The number of benzene rings is 1. The quantitative estimate of drug-likeness (QED) is 0.861. The molecule has 0 unspecified atom stereocenters. The third kappa shape index (κ3) is 3.29. The molecule has 0 aromatic heterocycles. The highest BCUT2D eigenvalue weighted by atomic mass is 19.1. The highest BCUT2D eigenvalue weighted by Gasteiger charge is 2.22. The Morgan fingerprint density at radius 3 is 3.06 bits per heavy atom. The largest absolute Gasteiger partial charge is 0.349 e. The van der Waals surface area contributed by atoms with E-state index in [1.807, 2.05) is 13.0 Å². The molecule has 2 atom stereocenters. The van der Waals surface area contributed by atoms with E-state index >= 15 is 0 Å². The van der Waals surface area contributed by atoms with Crippen LogP contribution in [0.25, 0.3) is 0 Å². The van der Waals surface area contributed by atoms with Crippen molar-refractivity contribution in [1.29, 1.82) is 0 Å². The van der Waals surface area contributed by atoms with Gasteiger partial charge in [0, 0.05) is 6.54 Å². The number of nitrogens with one attached hydrogen (secondary N) is 2. The Morgan fingerprint density at radius 1 is 1.56 bits per heavy atom. The van der Waals surface area contributed by atoms with Crippen molar-refractivity contribution in [2.45, 2.75) is 25.8 Å². The summed E-state index contributed by atoms with van der Waals surface area (Å²) >= 11 is 0. The Kier molecular flexibility index (Phi) is 4.31. The van der Waals surface area contributed by atoms with Gasteiger partial charge in [0.2, 0.25) is 5.91 Å². The highest BCUT2D eigenvalue weighted by molar-refractivity contribution is 5.79. The van der Waals surface area contributed by atoms with E-state index in [4.69, 9.17) is 0 Å². The van der Waals surface area contributed by atoms with Gasteiger partial charge in [-0.3, -0.25) is 4.79 Å². The van der Waals surface area contributed by atoms with Crippen molar-refractivity contribution in [2.24, 2.45) is 5.92 Å². The van der Waals surface area contributed by atoms with E-state index in [1.165, 1.54) is 12.1 Å². The maximum absolute atomic E-state index is 13.1. The first-order valence-electron chi connectivity index (χ1n) is 6.43. The number of halogens is 1. The van der Waals surface area contributed by atoms with Gasteiger partial charge < -0.3 is 10.6 Å². The molecule has 0 saturated carbocycles. The molecular weight excluding hydrogens is 231 g/mol. The molecule has 0 aliphatic carbocycles. The smallest absolute Gasteiger partial charge is 0.224 e. The predicted octanol–water partition coefficient (Wildman–Crippen LogP) is 2.00. The lowest BCUT2D eigenvalue weighted by atomic mass is 9.98. The minimum absolute atomic E-state index is 0.0368. The van der Waals surface area contributed by atoms with Crippen molar-refractivity contribution in [3.63, 3.8) is 0 Å². The summed E-state index contributed by atoms with van der Waals surface area (Å²) in [5.74, 6) is -0.179. The molecule has 1 aliphatic rings. The summed E-state index contributed by atoms with van der Waals surface area (Å²) in [4.78, 5) is 12.0. The van der Waals surface area contributed by atoms with Crippen LogP contribution in [0.5, 0.6) is 0 Å². The number of carbonyl (C=O) groups is 1. The molecule has 1 saturated heterocycles. The summed E-state index contributed by atoms with van der Waals surface area (Å²) in [6.45, 7) is 3.61. The summed E-state index contributed by atoms with van der Waals surface area (Å²) in [6, 6.07) is 6.20. The normalized spacial score (nSPS) is 21.3. The molecule has 0 bridgehead atoms. The van der Waals surface area contributed by atoms with E-state index < -0.39 is 0 Å². The van der Waals surface area contributed by atoms with Crippen LogP contribution in [-0.4, -0.2) is 19.0 Å². The van der Waals surface area contributed by atoms with Gasteiger partial charge in [-0.25, -0.2) is 4.39 Å². The first-order valence-corrected chi connectivity index (χ1v) is 6.43. The molecule has 1 aliphatic heterocycles. The Bertz CT molecular complexity index is 416. The second-order valence-corrected chi connectivity index (χ2v) is 4.83. The monoisotopic (exact) mass is 250 g/mol. The summed E-state index contributed by atoms with van der Waals surface area (Å²) in [6.07, 6.45) is 1.96. The van der Waals surface area contributed by atoms with Gasteiger partial charge in [0.25, 0.3) is 0 Å². The molecular formula is C14H19FN2O. The van der Waals surface area contributed by atoms with Gasteiger partial charge >= 0.3 is 0 Å². The molecule has 0 spiro atoms. The number of rotatable bonds is 3. The topological polar surface area (TPSA) is 41.1 Å². The first kappa shape index (κ1) is 13.0. The van der Waals surface area contributed by atoms with Gasteiger partial charge in [-0.2, -0.15) is 0 Å². The van der Waals surface area contributed by atoms with Gasteiger partial charge in [0.1, 0.15) is 5.82 Å². The van der Waals surface area contributed by atoms with E-state index in [9.17, 15) is 9.18 Å². The van der Waals surface area contributed by atoms with Gasteiger partial charge in [0.05, 0.1) is 12.0 Å². The van der Waals surface area contributed by atoms with Crippen molar-refractivity contribution in [1.82, 2.24) is 10.6 Å². The SMILES string of the molecule is C[C@@H](NC(=O)[C@H]1CCCNC1)c1cccc(F)c1. The fraction of sp³-hybridized carbons (Fsp3) is 0.500. The molecule has 3 nitrogen and oxygen atoms in total. The van der Waals surface area contributed by atoms with Crippen molar-refractivity contribution in [2.75, 3.05) is 13.1 Å². The van der Waals surface area contributed by atoms with E-state index in [2.05, 4.69) is 10.6 Å². The fourth-order valence-corrected chi connectivity index (χ4v) is 2.27. The van der Waals surface area contributed by atoms with E-state index in [0.717, 1.165) is 31.5 Å². The van der Waals surface area contributed by atoms with Crippen LogP contribution < -0.4 is 10.6 Å². The van der Waals surface area contributed by atoms with Crippen molar-refractivity contribution >= 4 is 5.91 Å². The molecule has 98 valence electrons. The van der Waals surface area contributed by atoms with Crippen LogP contribution in [0.2, 0.25) is 0 Å². The third-order valence-corrected chi connectivity index (χ3v) is 3.38. The standard InChI is InChI=1S/C14H19FN2O/c1-10(11-4-2-6-13(15)8-11)17-14(18)12-5-3-7-16-9-12/h2,4,6,8,10,12,16H,3,5,7,9H2,1H3,(H,17,18)/t10-,12+/m1/s1. The molecule has 0 radical (unpaired) electrons. The maximum Gasteiger partial charge on any atom is 0.224 e. The highest BCUT2D eigenvalue weighted by Crippen LogP contribution is 2.16. The molecule has 4 heteroatoms.